The molecule has 0 aliphatic carbocycles. The molecule has 0 fully saturated rings. The maximum atomic E-state index is 11.6. The lowest BCUT2D eigenvalue weighted by Crippen LogP contribution is -2.11. The van der Waals surface area contributed by atoms with Crippen molar-refractivity contribution < 1.29 is 0 Å². The summed E-state index contributed by atoms with van der Waals surface area (Å²) in [5.41, 5.74) is 3.97. The van der Waals surface area contributed by atoms with E-state index in [1.807, 2.05) is 19.1 Å². The van der Waals surface area contributed by atoms with E-state index in [4.69, 9.17) is 0 Å². The predicted molar refractivity (Wildman–Crippen MR) is 76.7 cm³/mol. The molecule has 0 spiro atoms. The molecule has 0 aliphatic heterocycles. The molecule has 0 amide bonds. The van der Waals surface area contributed by atoms with Crippen LogP contribution in [0.15, 0.2) is 34.1 Å². The minimum absolute atomic E-state index is 0.212. The molecular formula is C13H11BrN4O. The van der Waals surface area contributed by atoms with E-state index >= 15 is 0 Å². The van der Waals surface area contributed by atoms with Gasteiger partial charge in [-0.1, -0.05) is 0 Å². The number of nitrogens with zero attached hydrogens (tertiary/aromatic N) is 3. The summed E-state index contributed by atoms with van der Waals surface area (Å²) in [5, 5.41) is 0. The first-order valence-electron chi connectivity index (χ1n) is 5.76. The summed E-state index contributed by atoms with van der Waals surface area (Å²) in [4.78, 5) is 22.7. The second-order valence-corrected chi connectivity index (χ2v) is 5.20. The van der Waals surface area contributed by atoms with Gasteiger partial charge in [0.25, 0.3) is 5.56 Å². The molecule has 1 N–H and O–H groups in total. The summed E-state index contributed by atoms with van der Waals surface area (Å²) in [6, 6.07) is 4.08. The van der Waals surface area contributed by atoms with E-state index in [1.165, 1.54) is 17.5 Å². The number of nitrogens with one attached hydrogen (secondary N) is 1. The molecule has 6 heteroatoms. The highest BCUT2D eigenvalue weighted by Gasteiger charge is 2.12. The van der Waals surface area contributed by atoms with Gasteiger partial charge in [0.2, 0.25) is 0 Å². The normalized spacial score (nSPS) is 11.1. The van der Waals surface area contributed by atoms with Crippen LogP contribution >= 0.6 is 15.9 Å². The van der Waals surface area contributed by atoms with Crippen LogP contribution in [-0.2, 0) is 0 Å². The van der Waals surface area contributed by atoms with Gasteiger partial charge in [0.05, 0.1) is 17.4 Å². The Hall–Kier alpha value is -1.95. The van der Waals surface area contributed by atoms with Gasteiger partial charge in [-0.2, -0.15) is 0 Å². The molecule has 0 aliphatic rings. The molecule has 3 rings (SSSR count). The number of hydrogen-bond donors (Lipinski definition) is 1. The number of halogens is 1. The Labute approximate surface area is 117 Å². The average molecular weight is 319 g/mol. The minimum atomic E-state index is -0.212. The lowest BCUT2D eigenvalue weighted by Gasteiger charge is -2.06. The minimum Gasteiger partial charge on any atom is -0.312 e. The van der Waals surface area contributed by atoms with Crippen molar-refractivity contribution >= 4 is 27.0 Å². The highest BCUT2D eigenvalue weighted by molar-refractivity contribution is 9.10. The Kier molecular flexibility index (Phi) is 2.74. The number of benzene rings is 1. The second-order valence-electron chi connectivity index (χ2n) is 4.41. The van der Waals surface area contributed by atoms with E-state index in [1.54, 1.807) is 10.9 Å². The molecule has 19 heavy (non-hydrogen) atoms. The molecule has 0 saturated heterocycles. The van der Waals surface area contributed by atoms with Gasteiger partial charge in [0, 0.05) is 0 Å². The first-order valence-corrected chi connectivity index (χ1v) is 6.55. The standard InChI is InChI=1S/C13H11BrN4O/c1-7-3-9-10(4-8(7)2)18(6-17-9)12-11(14)13(19)16-5-15-12/h3-6H,1-2H3,(H,15,16,19). The van der Waals surface area contributed by atoms with Gasteiger partial charge < -0.3 is 4.98 Å². The monoisotopic (exact) mass is 318 g/mol. The fourth-order valence-corrected chi connectivity index (χ4v) is 2.38. The smallest absolute Gasteiger partial charge is 0.267 e. The van der Waals surface area contributed by atoms with Crippen LogP contribution in [-0.4, -0.2) is 19.5 Å². The quantitative estimate of drug-likeness (QED) is 0.749. The number of imidazole rings is 1. The van der Waals surface area contributed by atoms with Gasteiger partial charge in [0.15, 0.2) is 5.82 Å². The van der Waals surface area contributed by atoms with Gasteiger partial charge in [0.1, 0.15) is 10.8 Å². The third-order valence-electron chi connectivity index (χ3n) is 3.17. The zero-order valence-corrected chi connectivity index (χ0v) is 12.0. The van der Waals surface area contributed by atoms with Crippen LogP contribution in [0.25, 0.3) is 16.9 Å². The number of fused-ring (bicyclic) bond motifs is 1. The molecule has 2 heterocycles. The fourth-order valence-electron chi connectivity index (χ4n) is 1.97. The van der Waals surface area contributed by atoms with Crippen LogP contribution in [0.1, 0.15) is 11.1 Å². The maximum Gasteiger partial charge on any atom is 0.267 e. The Morgan fingerprint density at radius 3 is 2.74 bits per heavy atom. The van der Waals surface area contributed by atoms with Crippen molar-refractivity contribution in [1.29, 1.82) is 0 Å². The van der Waals surface area contributed by atoms with E-state index < -0.39 is 0 Å². The number of aromatic amines is 1. The average Bonchev–Trinajstić information content (AvgIpc) is 2.76. The maximum absolute atomic E-state index is 11.6. The van der Waals surface area contributed by atoms with E-state index in [2.05, 4.69) is 37.8 Å². The highest BCUT2D eigenvalue weighted by atomic mass is 79.9. The fraction of sp³-hybridized carbons (Fsp3) is 0.154. The zero-order valence-electron chi connectivity index (χ0n) is 10.4. The third kappa shape index (κ3) is 1.88. The number of aryl methyl sites for hydroxylation is 2. The van der Waals surface area contributed by atoms with Crippen LogP contribution < -0.4 is 5.56 Å². The third-order valence-corrected chi connectivity index (χ3v) is 3.88. The topological polar surface area (TPSA) is 63.6 Å². The van der Waals surface area contributed by atoms with Crippen molar-refractivity contribution in [3.05, 3.63) is 50.7 Å². The molecule has 0 atom stereocenters. The molecule has 2 aromatic heterocycles. The highest BCUT2D eigenvalue weighted by Crippen LogP contribution is 2.23. The summed E-state index contributed by atoms with van der Waals surface area (Å²) in [6.45, 7) is 4.10. The molecule has 0 unspecified atom stereocenters. The number of aromatic nitrogens is 4. The summed E-state index contributed by atoms with van der Waals surface area (Å²) in [5.74, 6) is 0.537. The Balaban J connectivity index is 2.35. The lowest BCUT2D eigenvalue weighted by atomic mass is 10.1. The molecule has 0 saturated carbocycles. The first-order chi connectivity index (χ1) is 9.08. The molecule has 0 radical (unpaired) electrons. The molecule has 0 bridgehead atoms. The largest absolute Gasteiger partial charge is 0.312 e. The summed E-state index contributed by atoms with van der Waals surface area (Å²) >= 11 is 3.27. The molecular weight excluding hydrogens is 308 g/mol. The molecule has 5 nitrogen and oxygen atoms in total. The lowest BCUT2D eigenvalue weighted by molar-refractivity contribution is 0.966. The Morgan fingerprint density at radius 1 is 1.21 bits per heavy atom. The van der Waals surface area contributed by atoms with E-state index in [0.717, 1.165) is 11.0 Å². The van der Waals surface area contributed by atoms with Crippen molar-refractivity contribution in [3.8, 4) is 5.82 Å². The van der Waals surface area contributed by atoms with E-state index in [-0.39, 0.29) is 5.56 Å². The molecule has 96 valence electrons. The first kappa shape index (κ1) is 12.1. The van der Waals surface area contributed by atoms with Gasteiger partial charge in [-0.25, -0.2) is 9.97 Å². The SMILES string of the molecule is Cc1cc2ncn(-c3nc[nH]c(=O)c3Br)c2cc1C. The van der Waals surface area contributed by atoms with Crippen LogP contribution in [0.5, 0.6) is 0 Å². The zero-order chi connectivity index (χ0) is 13.6. The van der Waals surface area contributed by atoms with Gasteiger partial charge in [-0.15, -0.1) is 0 Å². The van der Waals surface area contributed by atoms with Crippen LogP contribution in [0.2, 0.25) is 0 Å². The number of H-pyrrole nitrogens is 1. The van der Waals surface area contributed by atoms with Crippen molar-refractivity contribution in [2.45, 2.75) is 13.8 Å². The Bertz CT molecular complexity index is 834. The van der Waals surface area contributed by atoms with Crippen molar-refractivity contribution in [2.24, 2.45) is 0 Å². The Morgan fingerprint density at radius 2 is 1.95 bits per heavy atom. The van der Waals surface area contributed by atoms with E-state index in [9.17, 15) is 4.79 Å². The summed E-state index contributed by atoms with van der Waals surface area (Å²) in [7, 11) is 0. The van der Waals surface area contributed by atoms with Gasteiger partial charge >= 0.3 is 0 Å². The second kappa shape index (κ2) is 4.31. The van der Waals surface area contributed by atoms with Crippen molar-refractivity contribution in [1.82, 2.24) is 19.5 Å². The molecule has 1 aromatic carbocycles. The van der Waals surface area contributed by atoms with Crippen LogP contribution in [0.4, 0.5) is 0 Å². The molecule has 3 aromatic rings. The number of hydrogen-bond acceptors (Lipinski definition) is 3. The van der Waals surface area contributed by atoms with Crippen LogP contribution in [0.3, 0.4) is 0 Å². The predicted octanol–water partition coefficient (Wildman–Crippen LogP) is 2.49. The summed E-state index contributed by atoms with van der Waals surface area (Å²) in [6.07, 6.45) is 3.06. The number of rotatable bonds is 1. The van der Waals surface area contributed by atoms with Crippen molar-refractivity contribution in [2.75, 3.05) is 0 Å². The van der Waals surface area contributed by atoms with Gasteiger partial charge in [-0.05, 0) is 53.0 Å². The van der Waals surface area contributed by atoms with E-state index in [0.29, 0.717) is 10.3 Å². The van der Waals surface area contributed by atoms with Crippen LogP contribution in [0, 0.1) is 13.8 Å². The van der Waals surface area contributed by atoms with Crippen molar-refractivity contribution in [3.63, 3.8) is 0 Å². The summed E-state index contributed by atoms with van der Waals surface area (Å²) < 4.78 is 2.20. The van der Waals surface area contributed by atoms with Gasteiger partial charge in [-0.3, -0.25) is 9.36 Å².